The summed E-state index contributed by atoms with van der Waals surface area (Å²) in [5, 5.41) is 20.2. The van der Waals surface area contributed by atoms with Gasteiger partial charge in [0, 0.05) is 30.8 Å². The number of carbonyl (C=O) groups is 2. The van der Waals surface area contributed by atoms with Crippen molar-refractivity contribution in [2.45, 2.75) is 19.3 Å². The Bertz CT molecular complexity index is 834. The Morgan fingerprint density at radius 3 is 2.52 bits per heavy atom. The minimum Gasteiger partial charge on any atom is -0.478 e. The van der Waals surface area contributed by atoms with Crippen LogP contribution in [-0.2, 0) is 6.42 Å². The normalized spacial score (nSPS) is 16.7. The second-order valence-corrected chi connectivity index (χ2v) is 6.78. The summed E-state index contributed by atoms with van der Waals surface area (Å²) in [5.74, 6) is -1.35. The maximum Gasteiger partial charge on any atom is 0.335 e. The summed E-state index contributed by atoms with van der Waals surface area (Å²) in [5.41, 5.74) is 0.601. The average Bonchev–Trinajstić information content (AvgIpc) is 2.68. The Morgan fingerprint density at radius 2 is 1.85 bits per heavy atom. The van der Waals surface area contributed by atoms with E-state index in [9.17, 15) is 19.7 Å². The van der Waals surface area contributed by atoms with Crippen molar-refractivity contribution in [1.82, 2.24) is 4.90 Å². The maximum atomic E-state index is 12.9. The number of rotatable bonds is 5. The topological polar surface area (TPSA) is 101 Å². The highest BCUT2D eigenvalue weighted by Gasteiger charge is 2.26. The van der Waals surface area contributed by atoms with Gasteiger partial charge in [0.2, 0.25) is 0 Å². The molecule has 1 N–H and O–H groups in total. The van der Waals surface area contributed by atoms with E-state index < -0.39 is 16.6 Å². The summed E-state index contributed by atoms with van der Waals surface area (Å²) in [6.45, 7) is 1.12. The second-order valence-electron chi connectivity index (χ2n) is 6.78. The molecule has 0 saturated carbocycles. The second kappa shape index (κ2) is 7.99. The van der Waals surface area contributed by atoms with Crippen LogP contribution in [0.25, 0.3) is 0 Å². The highest BCUT2D eigenvalue weighted by Crippen LogP contribution is 2.24. The average molecular weight is 368 g/mol. The van der Waals surface area contributed by atoms with Crippen molar-refractivity contribution >= 4 is 17.6 Å². The molecule has 1 fully saturated rings. The number of hydrogen-bond donors (Lipinski definition) is 1. The molecule has 1 saturated heterocycles. The SMILES string of the molecule is O=C(O)c1cc(C(=O)N2CCCC(Cc3ccccc3)C2)cc([N+](=O)[O-])c1. The smallest absolute Gasteiger partial charge is 0.335 e. The number of carboxylic acid groups (broad SMARTS) is 1. The van der Waals surface area contributed by atoms with Gasteiger partial charge in [-0.05, 0) is 36.8 Å². The van der Waals surface area contributed by atoms with Gasteiger partial charge in [0.25, 0.3) is 11.6 Å². The molecule has 1 heterocycles. The van der Waals surface area contributed by atoms with Crippen LogP contribution in [0.2, 0.25) is 0 Å². The summed E-state index contributed by atoms with van der Waals surface area (Å²) in [4.78, 5) is 36.1. The van der Waals surface area contributed by atoms with E-state index in [0.29, 0.717) is 19.0 Å². The van der Waals surface area contributed by atoms with Gasteiger partial charge in [0.1, 0.15) is 0 Å². The number of carbonyl (C=O) groups excluding carboxylic acids is 1. The Hall–Kier alpha value is -3.22. The molecule has 27 heavy (non-hydrogen) atoms. The van der Waals surface area contributed by atoms with Gasteiger partial charge in [0.05, 0.1) is 10.5 Å². The zero-order valence-corrected chi connectivity index (χ0v) is 14.7. The first-order valence-corrected chi connectivity index (χ1v) is 8.80. The molecular weight excluding hydrogens is 348 g/mol. The van der Waals surface area contributed by atoms with Gasteiger partial charge in [-0.25, -0.2) is 4.79 Å². The lowest BCUT2D eigenvalue weighted by molar-refractivity contribution is -0.384. The molecule has 2 aromatic rings. The first-order chi connectivity index (χ1) is 12.9. The Labute approximate surface area is 156 Å². The highest BCUT2D eigenvalue weighted by molar-refractivity contribution is 5.98. The van der Waals surface area contributed by atoms with Crippen LogP contribution >= 0.6 is 0 Å². The lowest BCUT2D eigenvalue weighted by Crippen LogP contribution is -2.40. The molecule has 0 bridgehead atoms. The van der Waals surface area contributed by atoms with Crippen LogP contribution in [0, 0.1) is 16.0 Å². The molecule has 0 radical (unpaired) electrons. The molecular formula is C20H20N2O5. The fourth-order valence-corrected chi connectivity index (χ4v) is 3.51. The van der Waals surface area contributed by atoms with Crippen molar-refractivity contribution in [2.75, 3.05) is 13.1 Å². The number of piperidine rings is 1. The molecule has 1 aliphatic heterocycles. The van der Waals surface area contributed by atoms with Gasteiger partial charge in [-0.3, -0.25) is 14.9 Å². The molecule has 140 valence electrons. The maximum absolute atomic E-state index is 12.9. The van der Waals surface area contributed by atoms with E-state index in [1.807, 2.05) is 18.2 Å². The van der Waals surface area contributed by atoms with Crippen LogP contribution in [0.5, 0.6) is 0 Å². The lowest BCUT2D eigenvalue weighted by Gasteiger charge is -2.33. The van der Waals surface area contributed by atoms with Crippen molar-refractivity contribution in [1.29, 1.82) is 0 Å². The quantitative estimate of drug-likeness (QED) is 0.644. The molecule has 1 atom stereocenters. The van der Waals surface area contributed by atoms with Gasteiger partial charge in [-0.15, -0.1) is 0 Å². The molecule has 0 aliphatic carbocycles. The molecule has 3 rings (SSSR count). The first-order valence-electron chi connectivity index (χ1n) is 8.80. The number of benzene rings is 2. The molecule has 7 nitrogen and oxygen atoms in total. The van der Waals surface area contributed by atoms with Gasteiger partial charge in [-0.1, -0.05) is 30.3 Å². The minimum atomic E-state index is -1.30. The number of nitro benzene ring substituents is 1. The monoisotopic (exact) mass is 368 g/mol. The van der Waals surface area contributed by atoms with Crippen LogP contribution in [0.4, 0.5) is 5.69 Å². The van der Waals surface area contributed by atoms with Gasteiger partial charge in [-0.2, -0.15) is 0 Å². The third-order valence-corrected chi connectivity index (χ3v) is 4.80. The van der Waals surface area contributed by atoms with Crippen LogP contribution < -0.4 is 0 Å². The van der Waals surface area contributed by atoms with E-state index in [1.54, 1.807) is 4.90 Å². The van der Waals surface area contributed by atoms with Crippen molar-refractivity contribution in [3.8, 4) is 0 Å². The number of nitrogens with zero attached hydrogens (tertiary/aromatic N) is 2. The van der Waals surface area contributed by atoms with E-state index in [-0.39, 0.29) is 17.0 Å². The van der Waals surface area contributed by atoms with Gasteiger partial charge in [0.15, 0.2) is 0 Å². The third kappa shape index (κ3) is 4.49. The molecule has 2 aromatic carbocycles. The first kappa shape index (κ1) is 18.6. The molecule has 0 spiro atoms. The van der Waals surface area contributed by atoms with E-state index in [0.717, 1.165) is 31.4 Å². The van der Waals surface area contributed by atoms with E-state index in [4.69, 9.17) is 5.11 Å². The fourth-order valence-electron chi connectivity index (χ4n) is 3.51. The van der Waals surface area contributed by atoms with Crippen molar-refractivity contribution < 1.29 is 19.6 Å². The lowest BCUT2D eigenvalue weighted by atomic mass is 9.91. The number of nitro groups is 1. The molecule has 7 heteroatoms. The van der Waals surface area contributed by atoms with E-state index in [2.05, 4.69) is 12.1 Å². The van der Waals surface area contributed by atoms with Crippen LogP contribution in [0.15, 0.2) is 48.5 Å². The molecule has 1 amide bonds. The summed E-state index contributed by atoms with van der Waals surface area (Å²) < 4.78 is 0. The van der Waals surface area contributed by atoms with Crippen LogP contribution in [0.3, 0.4) is 0 Å². The van der Waals surface area contributed by atoms with Gasteiger partial charge < -0.3 is 10.0 Å². The number of likely N-dealkylation sites (tertiary alicyclic amines) is 1. The summed E-state index contributed by atoms with van der Waals surface area (Å²) in [7, 11) is 0. The Morgan fingerprint density at radius 1 is 1.15 bits per heavy atom. The number of hydrogen-bond acceptors (Lipinski definition) is 4. The molecule has 1 aliphatic rings. The van der Waals surface area contributed by atoms with Crippen molar-refractivity contribution in [3.63, 3.8) is 0 Å². The van der Waals surface area contributed by atoms with E-state index in [1.165, 1.54) is 11.6 Å². The third-order valence-electron chi connectivity index (χ3n) is 4.80. The number of amides is 1. The number of carboxylic acids is 1. The standard InChI is InChI=1S/C20H20N2O5/c23-19(16-10-17(20(24)25)12-18(11-16)22(26)27)21-8-4-7-15(13-21)9-14-5-2-1-3-6-14/h1-3,5-6,10-12,15H,4,7-9,13H2,(H,24,25). The Kier molecular flexibility index (Phi) is 5.49. The fraction of sp³-hybridized carbons (Fsp3) is 0.300. The van der Waals surface area contributed by atoms with Gasteiger partial charge >= 0.3 is 5.97 Å². The zero-order chi connectivity index (χ0) is 19.4. The number of non-ortho nitro benzene ring substituents is 1. The summed E-state index contributed by atoms with van der Waals surface area (Å²) in [6.07, 6.45) is 2.72. The Balaban J connectivity index is 1.78. The van der Waals surface area contributed by atoms with E-state index >= 15 is 0 Å². The minimum absolute atomic E-state index is 0.0435. The predicted molar refractivity (Wildman–Crippen MR) is 98.8 cm³/mol. The highest BCUT2D eigenvalue weighted by atomic mass is 16.6. The summed E-state index contributed by atoms with van der Waals surface area (Å²) in [6, 6.07) is 13.4. The van der Waals surface area contributed by atoms with Crippen molar-refractivity contribution in [3.05, 3.63) is 75.3 Å². The summed E-state index contributed by atoms with van der Waals surface area (Å²) >= 11 is 0. The number of aromatic carboxylic acids is 1. The van der Waals surface area contributed by atoms with Crippen molar-refractivity contribution in [2.24, 2.45) is 5.92 Å². The predicted octanol–water partition coefficient (Wildman–Crippen LogP) is 3.39. The van der Waals surface area contributed by atoms with Crippen LogP contribution in [-0.4, -0.2) is 39.9 Å². The molecule has 1 unspecified atom stereocenters. The molecule has 0 aromatic heterocycles. The largest absolute Gasteiger partial charge is 0.478 e. The van der Waals surface area contributed by atoms with Crippen LogP contribution in [0.1, 0.15) is 39.1 Å². The zero-order valence-electron chi connectivity index (χ0n) is 14.7.